The molecule has 1 N–H and O–H groups in total. The van der Waals surface area contributed by atoms with E-state index in [2.05, 4.69) is 0 Å². The fourth-order valence-electron chi connectivity index (χ4n) is 3.31. The molecule has 132 valence electrons. The van der Waals surface area contributed by atoms with Crippen LogP contribution in [0.4, 0.5) is 0 Å². The predicted molar refractivity (Wildman–Crippen MR) is 96.7 cm³/mol. The van der Waals surface area contributed by atoms with Gasteiger partial charge in [0.15, 0.2) is 0 Å². The van der Waals surface area contributed by atoms with E-state index in [0.29, 0.717) is 16.2 Å². The molecule has 1 aliphatic carbocycles. The Morgan fingerprint density at radius 2 is 1.92 bits per heavy atom. The number of benzene rings is 2. The first-order valence-corrected chi connectivity index (χ1v) is 8.63. The van der Waals surface area contributed by atoms with Crippen LogP contribution in [0.2, 0.25) is 5.02 Å². The molecule has 5 nitrogen and oxygen atoms in total. The predicted octanol–water partition coefficient (Wildman–Crippen LogP) is 4.00. The molecule has 0 saturated carbocycles. The highest BCUT2D eigenvalue weighted by molar-refractivity contribution is 6.31. The number of aromatic hydroxyl groups is 1. The lowest BCUT2D eigenvalue weighted by molar-refractivity contribution is 0.0470. The topological polar surface area (TPSA) is 76.7 Å². The van der Waals surface area contributed by atoms with E-state index in [4.69, 9.17) is 20.8 Å². The maximum atomic E-state index is 12.3. The lowest BCUT2D eigenvalue weighted by atomic mass is 10.0. The van der Waals surface area contributed by atoms with Gasteiger partial charge in [0.05, 0.1) is 0 Å². The quantitative estimate of drug-likeness (QED) is 0.557. The second kappa shape index (κ2) is 6.50. The van der Waals surface area contributed by atoms with Gasteiger partial charge < -0.3 is 14.3 Å². The fourth-order valence-corrected chi connectivity index (χ4v) is 3.48. The van der Waals surface area contributed by atoms with Crippen molar-refractivity contribution in [3.8, 4) is 5.75 Å². The van der Waals surface area contributed by atoms with Crippen molar-refractivity contribution in [2.24, 2.45) is 0 Å². The largest absolute Gasteiger partial charge is 0.507 e. The number of phenols is 1. The van der Waals surface area contributed by atoms with Crippen LogP contribution in [0.5, 0.6) is 5.75 Å². The second-order valence-corrected chi connectivity index (χ2v) is 6.74. The number of carbonyl (C=O) groups is 1. The second-order valence-electron chi connectivity index (χ2n) is 6.30. The normalized spacial score (nSPS) is 13.0. The van der Waals surface area contributed by atoms with Gasteiger partial charge in [-0.1, -0.05) is 11.6 Å². The molecule has 0 spiro atoms. The lowest BCUT2D eigenvalue weighted by Crippen LogP contribution is -2.08. The number of rotatable bonds is 3. The van der Waals surface area contributed by atoms with E-state index in [0.717, 1.165) is 24.6 Å². The summed E-state index contributed by atoms with van der Waals surface area (Å²) in [5.41, 5.74) is 2.97. The first kappa shape index (κ1) is 16.7. The van der Waals surface area contributed by atoms with Gasteiger partial charge in [0.25, 0.3) is 0 Å². The van der Waals surface area contributed by atoms with Crippen LogP contribution in [-0.4, -0.2) is 11.1 Å². The number of hydrogen-bond acceptors (Lipinski definition) is 5. The molecule has 0 unspecified atom stereocenters. The minimum Gasteiger partial charge on any atom is -0.507 e. The molecule has 1 heterocycles. The number of aryl methyl sites for hydroxylation is 2. The summed E-state index contributed by atoms with van der Waals surface area (Å²) in [6.45, 7) is -0.105. The third-order valence-corrected chi connectivity index (χ3v) is 4.81. The molecule has 4 rings (SSSR count). The van der Waals surface area contributed by atoms with E-state index in [9.17, 15) is 14.7 Å². The van der Waals surface area contributed by atoms with Crippen molar-refractivity contribution in [2.75, 3.05) is 0 Å². The smallest absolute Gasteiger partial charge is 0.342 e. The summed E-state index contributed by atoms with van der Waals surface area (Å²) in [4.78, 5) is 24.1. The van der Waals surface area contributed by atoms with E-state index in [-0.39, 0.29) is 17.9 Å². The van der Waals surface area contributed by atoms with Crippen LogP contribution in [-0.2, 0) is 24.2 Å². The van der Waals surface area contributed by atoms with Crippen molar-refractivity contribution in [2.45, 2.75) is 25.9 Å². The van der Waals surface area contributed by atoms with Crippen molar-refractivity contribution in [1.29, 1.82) is 0 Å². The van der Waals surface area contributed by atoms with E-state index in [1.165, 1.54) is 35.4 Å². The van der Waals surface area contributed by atoms with Crippen LogP contribution in [0.25, 0.3) is 11.0 Å². The Labute approximate surface area is 153 Å². The van der Waals surface area contributed by atoms with Gasteiger partial charge >= 0.3 is 11.6 Å². The molecule has 0 aliphatic heterocycles. The summed E-state index contributed by atoms with van der Waals surface area (Å²) in [6.07, 6.45) is 3.04. The molecular weight excluding hydrogens is 356 g/mol. The Kier molecular flexibility index (Phi) is 4.17. The number of fused-ring (bicyclic) bond motifs is 2. The van der Waals surface area contributed by atoms with Gasteiger partial charge in [0, 0.05) is 22.0 Å². The SMILES string of the molecule is O=C(OCc1cc(=O)oc2cc3c(cc12)CCC3)c1cc(Cl)ccc1O. The van der Waals surface area contributed by atoms with Gasteiger partial charge in [-0.15, -0.1) is 0 Å². The van der Waals surface area contributed by atoms with E-state index in [1.54, 1.807) is 0 Å². The summed E-state index contributed by atoms with van der Waals surface area (Å²) >= 11 is 5.86. The zero-order valence-electron chi connectivity index (χ0n) is 13.8. The average Bonchev–Trinajstić information content (AvgIpc) is 3.07. The summed E-state index contributed by atoms with van der Waals surface area (Å²) < 4.78 is 10.6. The number of halogens is 1. The van der Waals surface area contributed by atoms with Crippen molar-refractivity contribution >= 4 is 28.5 Å². The average molecular weight is 371 g/mol. The summed E-state index contributed by atoms with van der Waals surface area (Å²) in [5.74, 6) is -0.929. The van der Waals surface area contributed by atoms with Crippen LogP contribution >= 0.6 is 11.6 Å². The Morgan fingerprint density at radius 3 is 2.73 bits per heavy atom. The molecule has 2 aromatic carbocycles. The zero-order chi connectivity index (χ0) is 18.3. The maximum absolute atomic E-state index is 12.3. The Bertz CT molecular complexity index is 1080. The molecular formula is C20H15ClO5. The first-order chi connectivity index (χ1) is 12.5. The van der Waals surface area contributed by atoms with Gasteiger partial charge in [-0.2, -0.15) is 0 Å². The third-order valence-electron chi connectivity index (χ3n) is 4.58. The van der Waals surface area contributed by atoms with E-state index >= 15 is 0 Å². The Hall–Kier alpha value is -2.79. The molecule has 6 heteroatoms. The first-order valence-electron chi connectivity index (χ1n) is 8.25. The van der Waals surface area contributed by atoms with Crippen molar-refractivity contribution in [3.05, 3.63) is 74.1 Å². The van der Waals surface area contributed by atoms with Gasteiger partial charge in [-0.25, -0.2) is 9.59 Å². The highest BCUT2D eigenvalue weighted by atomic mass is 35.5. The standard InChI is InChI=1S/C20H15ClO5/c21-14-4-5-17(22)16(9-14)20(24)25-10-13-8-19(23)26-18-7-12-3-1-2-11(12)6-15(13)18/h4-9,22H,1-3,10H2. The van der Waals surface area contributed by atoms with Gasteiger partial charge in [-0.3, -0.25) is 0 Å². The van der Waals surface area contributed by atoms with E-state index in [1.807, 2.05) is 12.1 Å². The summed E-state index contributed by atoms with van der Waals surface area (Å²) in [5, 5.41) is 10.9. The van der Waals surface area contributed by atoms with Crippen molar-refractivity contribution < 1.29 is 19.1 Å². The van der Waals surface area contributed by atoms with Gasteiger partial charge in [0.2, 0.25) is 0 Å². The molecule has 0 amide bonds. The lowest BCUT2D eigenvalue weighted by Gasteiger charge is -2.10. The number of carbonyl (C=O) groups excluding carboxylic acids is 1. The number of hydrogen-bond donors (Lipinski definition) is 1. The molecule has 0 bridgehead atoms. The summed E-state index contributed by atoms with van der Waals surface area (Å²) in [7, 11) is 0. The molecule has 0 saturated heterocycles. The minimum atomic E-state index is -0.715. The third kappa shape index (κ3) is 3.06. The summed E-state index contributed by atoms with van der Waals surface area (Å²) in [6, 6.07) is 9.37. The molecule has 1 aliphatic rings. The molecule has 26 heavy (non-hydrogen) atoms. The van der Waals surface area contributed by atoms with Crippen LogP contribution in [0.1, 0.15) is 33.5 Å². The van der Waals surface area contributed by atoms with Crippen molar-refractivity contribution in [1.82, 2.24) is 0 Å². The van der Waals surface area contributed by atoms with Crippen LogP contribution in [0.3, 0.4) is 0 Å². The Balaban J connectivity index is 1.66. The minimum absolute atomic E-state index is 0.0225. The maximum Gasteiger partial charge on any atom is 0.342 e. The van der Waals surface area contributed by atoms with E-state index < -0.39 is 11.6 Å². The monoisotopic (exact) mass is 370 g/mol. The van der Waals surface area contributed by atoms with Crippen LogP contribution in [0.15, 0.2) is 45.6 Å². The number of phenolic OH excluding ortho intramolecular Hbond substituents is 1. The number of ether oxygens (including phenoxy) is 1. The Morgan fingerprint density at radius 1 is 1.15 bits per heavy atom. The van der Waals surface area contributed by atoms with Crippen LogP contribution in [0, 0.1) is 0 Å². The highest BCUT2D eigenvalue weighted by Crippen LogP contribution is 2.29. The molecule has 1 aromatic heterocycles. The fraction of sp³-hybridized carbons (Fsp3) is 0.200. The molecule has 3 aromatic rings. The van der Waals surface area contributed by atoms with Crippen LogP contribution < -0.4 is 5.63 Å². The highest BCUT2D eigenvalue weighted by Gasteiger charge is 2.17. The van der Waals surface area contributed by atoms with Crippen molar-refractivity contribution in [3.63, 3.8) is 0 Å². The molecule has 0 radical (unpaired) electrons. The number of esters is 1. The van der Waals surface area contributed by atoms with Gasteiger partial charge in [0.1, 0.15) is 23.5 Å². The zero-order valence-corrected chi connectivity index (χ0v) is 14.5. The molecule has 0 atom stereocenters. The van der Waals surface area contributed by atoms with Gasteiger partial charge in [-0.05, 0) is 60.7 Å². The molecule has 0 fully saturated rings.